The Balaban J connectivity index is 2.05. The molecule has 0 atom stereocenters. The maximum Gasteiger partial charge on any atom is 0.303 e. The van der Waals surface area contributed by atoms with Gasteiger partial charge in [-0.3, -0.25) is 4.79 Å². The molecule has 94 valence electrons. The highest BCUT2D eigenvalue weighted by molar-refractivity contribution is 5.66. The lowest BCUT2D eigenvalue weighted by Crippen LogP contribution is -2.38. The number of hydrogen-bond acceptors (Lipinski definition) is 4. The Bertz CT molecular complexity index is 202. The molecule has 1 heterocycles. The summed E-state index contributed by atoms with van der Waals surface area (Å²) >= 11 is 0. The van der Waals surface area contributed by atoms with Gasteiger partial charge in [-0.05, 0) is 25.8 Å². The first kappa shape index (κ1) is 13.4. The molecule has 0 aromatic rings. The van der Waals surface area contributed by atoms with Crippen LogP contribution < -0.4 is 0 Å². The Labute approximate surface area is 96.0 Å². The molecule has 1 aliphatic heterocycles. The summed E-state index contributed by atoms with van der Waals surface area (Å²) in [7, 11) is 0. The van der Waals surface area contributed by atoms with Crippen molar-refractivity contribution in [3.05, 3.63) is 0 Å². The van der Waals surface area contributed by atoms with Crippen LogP contribution in [0.3, 0.4) is 0 Å². The molecular weight excluding hydrogens is 210 g/mol. The number of likely N-dealkylation sites (tertiary alicyclic amines) is 1. The molecule has 0 saturated carbocycles. The quantitative estimate of drug-likeness (QED) is 0.660. The molecule has 0 unspecified atom stereocenters. The van der Waals surface area contributed by atoms with Gasteiger partial charge in [-0.1, -0.05) is 0 Å². The number of piperidine rings is 1. The lowest BCUT2D eigenvalue weighted by Gasteiger charge is -2.31. The van der Waals surface area contributed by atoms with E-state index in [1.165, 1.54) is 0 Å². The fraction of sp³-hybridized carbons (Fsp3) is 0.909. The van der Waals surface area contributed by atoms with Crippen LogP contribution in [0, 0.1) is 0 Å². The Hall–Kier alpha value is -0.650. The number of aliphatic hydroxyl groups is 1. The van der Waals surface area contributed by atoms with Crippen LogP contribution in [0.1, 0.15) is 25.7 Å². The first-order chi connectivity index (χ1) is 7.72. The summed E-state index contributed by atoms with van der Waals surface area (Å²) in [6, 6.07) is 0. The Morgan fingerprint density at radius 2 is 2.06 bits per heavy atom. The van der Waals surface area contributed by atoms with Crippen molar-refractivity contribution in [2.24, 2.45) is 0 Å². The summed E-state index contributed by atoms with van der Waals surface area (Å²) in [6.45, 7) is 3.30. The third kappa shape index (κ3) is 5.44. The molecule has 1 fully saturated rings. The van der Waals surface area contributed by atoms with Crippen molar-refractivity contribution < 1.29 is 19.7 Å². The number of hydrogen-bond donors (Lipinski definition) is 2. The molecule has 0 amide bonds. The van der Waals surface area contributed by atoms with E-state index in [9.17, 15) is 4.79 Å². The summed E-state index contributed by atoms with van der Waals surface area (Å²) in [4.78, 5) is 12.6. The SMILES string of the molecule is O=C(O)CCCN1CCC(OCCO)CC1. The van der Waals surface area contributed by atoms with Crippen LogP contribution >= 0.6 is 0 Å². The van der Waals surface area contributed by atoms with Crippen LogP contribution in [0.2, 0.25) is 0 Å². The molecular formula is C11H21NO4. The second-order valence-corrected chi connectivity index (χ2v) is 4.13. The van der Waals surface area contributed by atoms with E-state index in [4.69, 9.17) is 14.9 Å². The number of carboxylic acid groups (broad SMARTS) is 1. The number of carbonyl (C=O) groups is 1. The average molecular weight is 231 g/mol. The predicted octanol–water partition coefficient (Wildman–Crippen LogP) is 0.324. The summed E-state index contributed by atoms with van der Waals surface area (Å²) in [5, 5.41) is 17.1. The zero-order chi connectivity index (χ0) is 11.8. The fourth-order valence-electron chi connectivity index (χ4n) is 1.97. The van der Waals surface area contributed by atoms with Crippen molar-refractivity contribution in [3.8, 4) is 0 Å². The fourth-order valence-corrected chi connectivity index (χ4v) is 1.97. The molecule has 1 aliphatic rings. The number of nitrogens with zero attached hydrogens (tertiary/aromatic N) is 1. The first-order valence-corrected chi connectivity index (χ1v) is 5.89. The molecule has 0 spiro atoms. The lowest BCUT2D eigenvalue weighted by molar-refractivity contribution is -0.137. The van der Waals surface area contributed by atoms with Crippen molar-refractivity contribution in [1.82, 2.24) is 4.90 Å². The summed E-state index contributed by atoms with van der Waals surface area (Å²) < 4.78 is 5.45. The molecule has 1 saturated heterocycles. The van der Waals surface area contributed by atoms with Gasteiger partial charge in [0.1, 0.15) is 0 Å². The first-order valence-electron chi connectivity index (χ1n) is 5.89. The number of aliphatic carboxylic acids is 1. The summed E-state index contributed by atoms with van der Waals surface area (Å²) in [5.41, 5.74) is 0. The van der Waals surface area contributed by atoms with E-state index >= 15 is 0 Å². The van der Waals surface area contributed by atoms with Crippen molar-refractivity contribution in [3.63, 3.8) is 0 Å². The van der Waals surface area contributed by atoms with E-state index in [0.29, 0.717) is 6.61 Å². The topological polar surface area (TPSA) is 70.0 Å². The van der Waals surface area contributed by atoms with Gasteiger partial charge in [0, 0.05) is 19.5 Å². The third-order valence-corrected chi connectivity index (χ3v) is 2.84. The van der Waals surface area contributed by atoms with E-state index in [1.807, 2.05) is 0 Å². The van der Waals surface area contributed by atoms with Gasteiger partial charge < -0.3 is 19.8 Å². The summed E-state index contributed by atoms with van der Waals surface area (Å²) in [6.07, 6.45) is 3.20. The standard InChI is InChI=1S/C11H21NO4/c13-8-9-16-10-3-6-12(7-4-10)5-1-2-11(14)15/h10,13H,1-9H2,(H,14,15). The third-order valence-electron chi connectivity index (χ3n) is 2.84. The number of aliphatic hydroxyl groups excluding tert-OH is 1. The van der Waals surface area contributed by atoms with Crippen LogP contribution in [0.4, 0.5) is 0 Å². The molecule has 0 bridgehead atoms. The number of ether oxygens (including phenoxy) is 1. The van der Waals surface area contributed by atoms with E-state index in [0.717, 1.165) is 38.9 Å². The van der Waals surface area contributed by atoms with Gasteiger partial charge in [0.15, 0.2) is 0 Å². The highest BCUT2D eigenvalue weighted by atomic mass is 16.5. The van der Waals surface area contributed by atoms with E-state index < -0.39 is 5.97 Å². The smallest absolute Gasteiger partial charge is 0.303 e. The predicted molar refractivity (Wildman–Crippen MR) is 59.4 cm³/mol. The largest absolute Gasteiger partial charge is 0.481 e. The van der Waals surface area contributed by atoms with Gasteiger partial charge in [-0.15, -0.1) is 0 Å². The molecule has 0 aromatic carbocycles. The Kier molecular flexibility index (Phi) is 6.37. The van der Waals surface area contributed by atoms with Crippen molar-refractivity contribution >= 4 is 5.97 Å². The molecule has 5 nitrogen and oxygen atoms in total. The zero-order valence-corrected chi connectivity index (χ0v) is 9.60. The molecule has 0 radical (unpaired) electrons. The van der Waals surface area contributed by atoms with Gasteiger partial charge in [0.2, 0.25) is 0 Å². The normalized spacial score (nSPS) is 18.8. The van der Waals surface area contributed by atoms with Gasteiger partial charge in [0.25, 0.3) is 0 Å². The molecule has 2 N–H and O–H groups in total. The van der Waals surface area contributed by atoms with Gasteiger partial charge in [0.05, 0.1) is 19.3 Å². The second kappa shape index (κ2) is 7.60. The van der Waals surface area contributed by atoms with Crippen molar-refractivity contribution in [1.29, 1.82) is 0 Å². The minimum atomic E-state index is -0.721. The molecule has 0 aromatic heterocycles. The van der Waals surface area contributed by atoms with Crippen LogP contribution in [-0.4, -0.2) is 60.0 Å². The van der Waals surface area contributed by atoms with Gasteiger partial charge in [-0.25, -0.2) is 0 Å². The zero-order valence-electron chi connectivity index (χ0n) is 9.60. The Morgan fingerprint density at radius 1 is 1.38 bits per heavy atom. The Morgan fingerprint density at radius 3 is 2.62 bits per heavy atom. The van der Waals surface area contributed by atoms with Crippen LogP contribution in [0.15, 0.2) is 0 Å². The van der Waals surface area contributed by atoms with E-state index in [-0.39, 0.29) is 19.1 Å². The van der Waals surface area contributed by atoms with Crippen LogP contribution in [-0.2, 0) is 9.53 Å². The lowest BCUT2D eigenvalue weighted by atomic mass is 10.1. The number of carboxylic acids is 1. The van der Waals surface area contributed by atoms with Crippen molar-refractivity contribution in [2.45, 2.75) is 31.8 Å². The molecule has 16 heavy (non-hydrogen) atoms. The maximum absolute atomic E-state index is 10.3. The van der Waals surface area contributed by atoms with Gasteiger partial charge >= 0.3 is 5.97 Å². The van der Waals surface area contributed by atoms with E-state index in [1.54, 1.807) is 0 Å². The molecule has 5 heteroatoms. The minimum Gasteiger partial charge on any atom is -0.481 e. The van der Waals surface area contributed by atoms with Crippen LogP contribution in [0.25, 0.3) is 0 Å². The molecule has 1 rings (SSSR count). The minimum absolute atomic E-state index is 0.0822. The monoisotopic (exact) mass is 231 g/mol. The summed E-state index contributed by atoms with van der Waals surface area (Å²) in [5.74, 6) is -0.721. The average Bonchev–Trinajstić information content (AvgIpc) is 2.27. The highest BCUT2D eigenvalue weighted by Crippen LogP contribution is 2.13. The van der Waals surface area contributed by atoms with Crippen molar-refractivity contribution in [2.75, 3.05) is 32.8 Å². The van der Waals surface area contributed by atoms with E-state index in [2.05, 4.69) is 4.90 Å². The van der Waals surface area contributed by atoms with Crippen LogP contribution in [0.5, 0.6) is 0 Å². The maximum atomic E-state index is 10.3. The second-order valence-electron chi connectivity index (χ2n) is 4.13. The molecule has 0 aliphatic carbocycles. The van der Waals surface area contributed by atoms with Gasteiger partial charge in [-0.2, -0.15) is 0 Å². The highest BCUT2D eigenvalue weighted by Gasteiger charge is 2.19. The number of rotatable bonds is 7.